The molecule has 5 nitrogen and oxygen atoms in total. The molecule has 0 aromatic carbocycles. The molecule has 0 aliphatic carbocycles. The van der Waals surface area contributed by atoms with Gasteiger partial charge in [0.15, 0.2) is 5.82 Å². The third kappa shape index (κ3) is 3.78. The van der Waals surface area contributed by atoms with E-state index in [0.717, 1.165) is 50.6 Å². The number of nitrogens with zero attached hydrogens (tertiary/aromatic N) is 2. The molecule has 17 heavy (non-hydrogen) atoms. The summed E-state index contributed by atoms with van der Waals surface area (Å²) in [5.41, 5.74) is 0. The third-order valence-electron chi connectivity index (χ3n) is 3.30. The standard InChI is InChI=1S/C12H21N3O2/c1-9(13-2)7-12-14-11(15-17-12)8-10-3-5-16-6-4-10/h9-10,13H,3-8H2,1-2H3. The third-order valence-corrected chi connectivity index (χ3v) is 3.30. The zero-order valence-electron chi connectivity index (χ0n) is 10.6. The van der Waals surface area contributed by atoms with Crippen molar-refractivity contribution >= 4 is 0 Å². The van der Waals surface area contributed by atoms with Gasteiger partial charge in [-0.3, -0.25) is 0 Å². The summed E-state index contributed by atoms with van der Waals surface area (Å²) in [7, 11) is 1.93. The number of hydrogen-bond donors (Lipinski definition) is 1. The van der Waals surface area contributed by atoms with Crippen molar-refractivity contribution in [1.82, 2.24) is 15.5 Å². The summed E-state index contributed by atoms with van der Waals surface area (Å²) in [6.45, 7) is 3.83. The Hall–Kier alpha value is -0.940. The molecule has 0 spiro atoms. The lowest BCUT2D eigenvalue weighted by atomic mass is 9.96. The van der Waals surface area contributed by atoms with Gasteiger partial charge in [-0.2, -0.15) is 4.98 Å². The molecule has 96 valence electrons. The molecule has 1 N–H and O–H groups in total. The molecule has 5 heteroatoms. The van der Waals surface area contributed by atoms with E-state index in [2.05, 4.69) is 22.4 Å². The molecule has 0 amide bonds. The maximum Gasteiger partial charge on any atom is 0.228 e. The van der Waals surface area contributed by atoms with Crippen LogP contribution in [-0.4, -0.2) is 36.4 Å². The van der Waals surface area contributed by atoms with E-state index in [1.165, 1.54) is 0 Å². The largest absolute Gasteiger partial charge is 0.381 e. The van der Waals surface area contributed by atoms with Crippen molar-refractivity contribution in [3.63, 3.8) is 0 Å². The van der Waals surface area contributed by atoms with Crippen molar-refractivity contribution in [2.24, 2.45) is 5.92 Å². The van der Waals surface area contributed by atoms with Gasteiger partial charge >= 0.3 is 0 Å². The second kappa shape index (κ2) is 6.12. The molecule has 1 saturated heterocycles. The van der Waals surface area contributed by atoms with Crippen LogP contribution in [-0.2, 0) is 17.6 Å². The van der Waals surface area contributed by atoms with Crippen molar-refractivity contribution in [3.8, 4) is 0 Å². The molecule has 0 bridgehead atoms. The van der Waals surface area contributed by atoms with Crippen LogP contribution in [0.15, 0.2) is 4.52 Å². The lowest BCUT2D eigenvalue weighted by molar-refractivity contribution is 0.0658. The molecule has 2 rings (SSSR count). The maximum absolute atomic E-state index is 5.34. The zero-order chi connectivity index (χ0) is 12.1. The smallest absolute Gasteiger partial charge is 0.228 e. The topological polar surface area (TPSA) is 60.2 Å². The maximum atomic E-state index is 5.34. The van der Waals surface area contributed by atoms with E-state index < -0.39 is 0 Å². The molecule has 1 unspecified atom stereocenters. The van der Waals surface area contributed by atoms with E-state index in [0.29, 0.717) is 12.0 Å². The average molecular weight is 239 g/mol. The van der Waals surface area contributed by atoms with Gasteiger partial charge in [0.05, 0.1) is 0 Å². The van der Waals surface area contributed by atoms with Crippen LogP contribution in [0.4, 0.5) is 0 Å². The molecule has 1 fully saturated rings. The van der Waals surface area contributed by atoms with E-state index in [-0.39, 0.29) is 0 Å². The van der Waals surface area contributed by atoms with Crippen molar-refractivity contribution in [1.29, 1.82) is 0 Å². The molecule has 1 atom stereocenters. The number of rotatable bonds is 5. The fourth-order valence-electron chi connectivity index (χ4n) is 2.03. The first-order valence-corrected chi connectivity index (χ1v) is 6.34. The van der Waals surface area contributed by atoms with Crippen LogP contribution < -0.4 is 5.32 Å². The van der Waals surface area contributed by atoms with E-state index in [4.69, 9.17) is 9.26 Å². The Morgan fingerprint density at radius 2 is 2.18 bits per heavy atom. The Balaban J connectivity index is 1.84. The number of hydrogen-bond acceptors (Lipinski definition) is 5. The summed E-state index contributed by atoms with van der Waals surface area (Å²) in [5, 5.41) is 7.20. The number of likely N-dealkylation sites (N-methyl/N-ethyl adjacent to an activating group) is 1. The first-order valence-electron chi connectivity index (χ1n) is 6.34. The van der Waals surface area contributed by atoms with Gasteiger partial charge in [-0.1, -0.05) is 5.16 Å². The van der Waals surface area contributed by atoms with Crippen molar-refractivity contribution in [2.75, 3.05) is 20.3 Å². The van der Waals surface area contributed by atoms with E-state index in [9.17, 15) is 0 Å². The van der Waals surface area contributed by atoms with Crippen LogP contribution in [0.2, 0.25) is 0 Å². The summed E-state index contributed by atoms with van der Waals surface area (Å²) in [6.07, 6.45) is 3.92. The molecular weight excluding hydrogens is 218 g/mol. The van der Waals surface area contributed by atoms with Gasteiger partial charge < -0.3 is 14.6 Å². The molecule has 1 aliphatic heterocycles. The van der Waals surface area contributed by atoms with Gasteiger partial charge in [-0.05, 0) is 32.7 Å². The number of nitrogens with one attached hydrogen (secondary N) is 1. The molecular formula is C12H21N3O2. The SMILES string of the molecule is CNC(C)Cc1nc(CC2CCOCC2)no1. The number of aromatic nitrogens is 2. The summed E-state index contributed by atoms with van der Waals surface area (Å²) >= 11 is 0. The Morgan fingerprint density at radius 1 is 1.41 bits per heavy atom. The van der Waals surface area contributed by atoms with Crippen LogP contribution in [0, 0.1) is 5.92 Å². The lowest BCUT2D eigenvalue weighted by Crippen LogP contribution is -2.23. The highest BCUT2D eigenvalue weighted by Gasteiger charge is 2.17. The molecule has 0 radical (unpaired) electrons. The lowest BCUT2D eigenvalue weighted by Gasteiger charge is -2.20. The summed E-state index contributed by atoms with van der Waals surface area (Å²) in [4.78, 5) is 4.43. The fraction of sp³-hybridized carbons (Fsp3) is 0.833. The van der Waals surface area contributed by atoms with Gasteiger partial charge in [0.25, 0.3) is 0 Å². The highest BCUT2D eigenvalue weighted by atomic mass is 16.5. The van der Waals surface area contributed by atoms with E-state index in [1.807, 2.05) is 7.05 Å². The average Bonchev–Trinajstić information content (AvgIpc) is 2.77. The van der Waals surface area contributed by atoms with Gasteiger partial charge in [0.2, 0.25) is 5.89 Å². The minimum atomic E-state index is 0.367. The van der Waals surface area contributed by atoms with Gasteiger partial charge in [0, 0.05) is 32.1 Å². The second-order valence-electron chi connectivity index (χ2n) is 4.76. The number of ether oxygens (including phenoxy) is 1. The van der Waals surface area contributed by atoms with Crippen LogP contribution >= 0.6 is 0 Å². The van der Waals surface area contributed by atoms with Crippen LogP contribution in [0.25, 0.3) is 0 Å². The Bertz CT molecular complexity index is 334. The summed E-state index contributed by atoms with van der Waals surface area (Å²) in [5.74, 6) is 2.22. The van der Waals surface area contributed by atoms with Crippen molar-refractivity contribution < 1.29 is 9.26 Å². The predicted molar refractivity (Wildman–Crippen MR) is 63.8 cm³/mol. The second-order valence-corrected chi connectivity index (χ2v) is 4.76. The van der Waals surface area contributed by atoms with E-state index >= 15 is 0 Å². The first kappa shape index (κ1) is 12.5. The fourth-order valence-corrected chi connectivity index (χ4v) is 2.03. The van der Waals surface area contributed by atoms with Gasteiger partial charge in [-0.25, -0.2) is 0 Å². The highest BCUT2D eigenvalue weighted by molar-refractivity contribution is 4.90. The van der Waals surface area contributed by atoms with Gasteiger partial charge in [0.1, 0.15) is 0 Å². The summed E-state index contributed by atoms with van der Waals surface area (Å²) < 4.78 is 10.6. The van der Waals surface area contributed by atoms with Crippen LogP contribution in [0.3, 0.4) is 0 Å². The predicted octanol–water partition coefficient (Wildman–Crippen LogP) is 1.19. The molecule has 0 saturated carbocycles. The highest BCUT2D eigenvalue weighted by Crippen LogP contribution is 2.18. The zero-order valence-corrected chi connectivity index (χ0v) is 10.6. The van der Waals surface area contributed by atoms with Crippen molar-refractivity contribution in [2.45, 2.75) is 38.6 Å². The Kier molecular flexibility index (Phi) is 4.50. The Morgan fingerprint density at radius 3 is 2.88 bits per heavy atom. The van der Waals surface area contributed by atoms with Gasteiger partial charge in [-0.15, -0.1) is 0 Å². The first-order chi connectivity index (χ1) is 8.28. The molecule has 1 aromatic rings. The Labute approximate surface area is 102 Å². The normalized spacial score (nSPS) is 19.4. The monoisotopic (exact) mass is 239 g/mol. The van der Waals surface area contributed by atoms with E-state index in [1.54, 1.807) is 0 Å². The van der Waals surface area contributed by atoms with Crippen molar-refractivity contribution in [3.05, 3.63) is 11.7 Å². The molecule has 1 aliphatic rings. The summed E-state index contributed by atoms with van der Waals surface area (Å²) in [6, 6.07) is 0.367. The van der Waals surface area contributed by atoms with Crippen LogP contribution in [0.1, 0.15) is 31.5 Å². The molecule has 1 aromatic heterocycles. The quantitative estimate of drug-likeness (QED) is 0.836. The molecule has 2 heterocycles. The minimum Gasteiger partial charge on any atom is -0.381 e. The van der Waals surface area contributed by atoms with Crippen LogP contribution in [0.5, 0.6) is 0 Å². The minimum absolute atomic E-state index is 0.367.